The molecule has 1 N–H and O–H groups in total. The zero-order valence-corrected chi connectivity index (χ0v) is 18.2. The Morgan fingerprint density at radius 3 is 2.72 bits per heavy atom. The molecule has 1 saturated heterocycles. The molecule has 160 valence electrons. The van der Waals surface area contributed by atoms with Crippen LogP contribution >= 0.6 is 0 Å². The molecule has 0 spiro atoms. The Morgan fingerprint density at radius 1 is 1.21 bits per heavy atom. The number of aldehydes is 1. The summed E-state index contributed by atoms with van der Waals surface area (Å²) in [6, 6.07) is 6.91. The lowest BCUT2D eigenvalue weighted by molar-refractivity contribution is -0.107. The van der Waals surface area contributed by atoms with Gasteiger partial charge >= 0.3 is 0 Å². The number of piperidine rings is 1. The molecule has 2 aliphatic heterocycles. The number of hydrogen-bond acceptors (Lipinski definition) is 4. The van der Waals surface area contributed by atoms with Crippen LogP contribution in [-0.4, -0.2) is 53.7 Å². The molecule has 5 heteroatoms. The van der Waals surface area contributed by atoms with E-state index in [1.807, 2.05) is 17.0 Å². The number of carbonyl (C=O) groups excluding carboxylic acids is 2. The Balaban J connectivity index is 1.51. The summed E-state index contributed by atoms with van der Waals surface area (Å²) in [4.78, 5) is 27.8. The van der Waals surface area contributed by atoms with Gasteiger partial charge in [-0.1, -0.05) is 25.8 Å². The number of hydrogen-bond donors (Lipinski definition) is 1. The average Bonchev–Trinajstić information content (AvgIpc) is 3.07. The molecular weight excluding hydrogens is 362 g/mol. The minimum Gasteiger partial charge on any atom is -0.382 e. The van der Waals surface area contributed by atoms with Crippen LogP contribution in [0.1, 0.15) is 81.1 Å². The van der Waals surface area contributed by atoms with Crippen LogP contribution in [0.15, 0.2) is 18.2 Å². The van der Waals surface area contributed by atoms with Crippen LogP contribution in [0, 0.1) is 0 Å². The number of rotatable bonds is 11. The molecule has 2 heterocycles. The maximum Gasteiger partial charge on any atom is 0.254 e. The van der Waals surface area contributed by atoms with Crippen molar-refractivity contribution >= 4 is 17.9 Å². The van der Waals surface area contributed by atoms with Crippen LogP contribution < -0.4 is 5.32 Å². The summed E-state index contributed by atoms with van der Waals surface area (Å²) >= 11 is 0. The molecule has 0 saturated carbocycles. The maximum atomic E-state index is 12.8. The smallest absolute Gasteiger partial charge is 0.254 e. The molecule has 0 bridgehead atoms. The predicted octanol–water partition coefficient (Wildman–Crippen LogP) is 4.47. The highest BCUT2D eigenvalue weighted by atomic mass is 16.2. The lowest BCUT2D eigenvalue weighted by atomic mass is 10.0. The van der Waals surface area contributed by atoms with Gasteiger partial charge < -0.3 is 19.9 Å². The van der Waals surface area contributed by atoms with Gasteiger partial charge in [0.1, 0.15) is 6.29 Å². The van der Waals surface area contributed by atoms with E-state index in [9.17, 15) is 9.59 Å². The van der Waals surface area contributed by atoms with E-state index < -0.39 is 0 Å². The zero-order valence-electron chi connectivity index (χ0n) is 18.2. The topological polar surface area (TPSA) is 52.6 Å². The molecule has 2 aliphatic rings. The fraction of sp³-hybridized carbons (Fsp3) is 0.667. The van der Waals surface area contributed by atoms with Crippen LogP contribution in [0.25, 0.3) is 0 Å². The summed E-state index contributed by atoms with van der Waals surface area (Å²) in [6.45, 7) is 8.46. The van der Waals surface area contributed by atoms with Gasteiger partial charge in [-0.15, -0.1) is 0 Å². The van der Waals surface area contributed by atoms with E-state index in [4.69, 9.17) is 0 Å². The van der Waals surface area contributed by atoms with Crippen molar-refractivity contribution in [1.29, 1.82) is 0 Å². The standard InChI is InChI=1S/C24H37N3O2/c1-3-9-19(2)27-18-22-21(24(27)29)10-8-11-23(22)25-20-12-15-26(16-13-20)14-6-4-5-7-17-28/h8,10-11,17,19-20,25H,3-7,9,12-16,18H2,1-2H3. The number of unbranched alkanes of at least 4 members (excludes halogenated alkanes) is 3. The lowest BCUT2D eigenvalue weighted by Gasteiger charge is -2.33. The number of carbonyl (C=O) groups is 2. The molecule has 0 radical (unpaired) electrons. The van der Waals surface area contributed by atoms with Crippen molar-refractivity contribution in [2.45, 2.75) is 83.8 Å². The Morgan fingerprint density at radius 2 is 2.00 bits per heavy atom. The van der Waals surface area contributed by atoms with Gasteiger partial charge in [0.15, 0.2) is 0 Å². The van der Waals surface area contributed by atoms with E-state index in [1.54, 1.807) is 0 Å². The Bertz CT molecular complexity index is 683. The molecule has 1 unspecified atom stereocenters. The number of nitrogens with zero attached hydrogens (tertiary/aromatic N) is 2. The first-order chi connectivity index (χ1) is 14.1. The SMILES string of the molecule is CCCC(C)N1Cc2c(NC3CCN(CCCCCC=O)CC3)cccc2C1=O. The Labute approximate surface area is 175 Å². The first kappa shape index (κ1) is 21.8. The molecule has 1 fully saturated rings. The Hall–Kier alpha value is -1.88. The average molecular weight is 400 g/mol. The number of likely N-dealkylation sites (tertiary alicyclic amines) is 1. The second-order valence-electron chi connectivity index (χ2n) is 8.68. The van der Waals surface area contributed by atoms with Crippen molar-refractivity contribution in [3.05, 3.63) is 29.3 Å². The Kier molecular flexibility index (Phi) is 8.10. The maximum absolute atomic E-state index is 12.8. The van der Waals surface area contributed by atoms with Crippen LogP contribution in [0.2, 0.25) is 0 Å². The summed E-state index contributed by atoms with van der Waals surface area (Å²) in [5.41, 5.74) is 3.21. The fourth-order valence-electron chi connectivity index (χ4n) is 4.68. The molecule has 0 aliphatic carbocycles. The molecule has 1 atom stereocenters. The second-order valence-corrected chi connectivity index (χ2v) is 8.68. The van der Waals surface area contributed by atoms with Gasteiger partial charge in [-0.2, -0.15) is 0 Å². The van der Waals surface area contributed by atoms with Gasteiger partial charge in [0.25, 0.3) is 5.91 Å². The van der Waals surface area contributed by atoms with Gasteiger partial charge in [-0.05, 0) is 57.7 Å². The molecule has 3 rings (SSSR count). The summed E-state index contributed by atoms with van der Waals surface area (Å²) in [5, 5.41) is 3.75. The highest BCUT2D eigenvalue weighted by Crippen LogP contribution is 2.32. The quantitative estimate of drug-likeness (QED) is 0.441. The van der Waals surface area contributed by atoms with Crippen LogP contribution in [0.4, 0.5) is 5.69 Å². The van der Waals surface area contributed by atoms with Crippen molar-refractivity contribution in [2.75, 3.05) is 25.0 Å². The molecule has 29 heavy (non-hydrogen) atoms. The number of nitrogens with one attached hydrogen (secondary N) is 1. The molecule has 1 amide bonds. The molecule has 0 aromatic heterocycles. The summed E-state index contributed by atoms with van der Waals surface area (Å²) in [7, 11) is 0. The highest BCUT2D eigenvalue weighted by molar-refractivity contribution is 6.00. The third kappa shape index (κ3) is 5.59. The van der Waals surface area contributed by atoms with Gasteiger partial charge in [0, 0.05) is 55.0 Å². The third-order valence-corrected chi connectivity index (χ3v) is 6.48. The van der Waals surface area contributed by atoms with E-state index in [0.717, 1.165) is 82.2 Å². The van der Waals surface area contributed by atoms with E-state index in [1.165, 1.54) is 12.0 Å². The largest absolute Gasteiger partial charge is 0.382 e. The van der Waals surface area contributed by atoms with Crippen LogP contribution in [0.5, 0.6) is 0 Å². The van der Waals surface area contributed by atoms with Crippen LogP contribution in [-0.2, 0) is 11.3 Å². The monoisotopic (exact) mass is 399 g/mol. The predicted molar refractivity (Wildman–Crippen MR) is 118 cm³/mol. The third-order valence-electron chi connectivity index (χ3n) is 6.48. The number of amides is 1. The first-order valence-corrected chi connectivity index (χ1v) is 11.5. The van der Waals surface area contributed by atoms with E-state index in [0.29, 0.717) is 18.5 Å². The zero-order chi connectivity index (χ0) is 20.6. The number of benzene rings is 1. The van der Waals surface area contributed by atoms with E-state index >= 15 is 0 Å². The van der Waals surface area contributed by atoms with Gasteiger partial charge in [-0.3, -0.25) is 4.79 Å². The van der Waals surface area contributed by atoms with Gasteiger partial charge in [0.05, 0.1) is 0 Å². The molecule has 1 aromatic carbocycles. The summed E-state index contributed by atoms with van der Waals surface area (Å²) < 4.78 is 0. The molecule has 5 nitrogen and oxygen atoms in total. The lowest BCUT2D eigenvalue weighted by Crippen LogP contribution is -2.39. The van der Waals surface area contributed by atoms with Crippen molar-refractivity contribution in [2.24, 2.45) is 0 Å². The summed E-state index contributed by atoms with van der Waals surface area (Å²) in [5.74, 6) is 0.189. The first-order valence-electron chi connectivity index (χ1n) is 11.5. The molecule has 1 aromatic rings. The van der Waals surface area contributed by atoms with Gasteiger partial charge in [0.2, 0.25) is 0 Å². The normalized spacial score (nSPS) is 18.7. The van der Waals surface area contributed by atoms with E-state index in [2.05, 4.69) is 30.1 Å². The minimum atomic E-state index is 0.189. The van der Waals surface area contributed by atoms with Gasteiger partial charge in [-0.25, -0.2) is 0 Å². The van der Waals surface area contributed by atoms with Crippen LogP contribution in [0.3, 0.4) is 0 Å². The van der Waals surface area contributed by atoms with E-state index in [-0.39, 0.29) is 5.91 Å². The second kappa shape index (κ2) is 10.8. The fourth-order valence-corrected chi connectivity index (χ4v) is 4.68. The highest BCUT2D eigenvalue weighted by Gasteiger charge is 2.32. The van der Waals surface area contributed by atoms with Crippen molar-refractivity contribution < 1.29 is 9.59 Å². The van der Waals surface area contributed by atoms with Crippen molar-refractivity contribution in [3.8, 4) is 0 Å². The summed E-state index contributed by atoms with van der Waals surface area (Å²) in [6.07, 6.45) is 9.51. The van der Waals surface area contributed by atoms with Crippen molar-refractivity contribution in [1.82, 2.24) is 9.80 Å². The molecular formula is C24H37N3O2. The number of anilines is 1. The minimum absolute atomic E-state index is 0.189. The number of fused-ring (bicyclic) bond motifs is 1. The van der Waals surface area contributed by atoms with Crippen molar-refractivity contribution in [3.63, 3.8) is 0 Å².